The monoisotopic (exact) mass is 351 g/mol. The van der Waals surface area contributed by atoms with Gasteiger partial charge in [0.15, 0.2) is 5.65 Å². The first-order valence-corrected chi connectivity index (χ1v) is 8.39. The second-order valence-corrected chi connectivity index (χ2v) is 6.33. The molecule has 7 nitrogen and oxygen atoms in total. The fraction of sp³-hybridized carbons (Fsp3) is 0.263. The van der Waals surface area contributed by atoms with Gasteiger partial charge in [0, 0.05) is 31.0 Å². The number of fused-ring (bicyclic) bond motifs is 1. The lowest BCUT2D eigenvalue weighted by molar-refractivity contribution is -0.116. The van der Waals surface area contributed by atoms with Gasteiger partial charge in [0.25, 0.3) is 5.91 Å². The minimum Gasteiger partial charge on any atom is -0.351 e. The SMILES string of the molecule is Cc1ccc(C)c(NC(=O)CCNC(=O)c2cnn3cc(C)cnc23)c1. The predicted octanol–water partition coefficient (Wildman–Crippen LogP) is 2.41. The first kappa shape index (κ1) is 17.6. The Hall–Kier alpha value is -3.22. The molecule has 0 saturated carbocycles. The van der Waals surface area contributed by atoms with Crippen molar-refractivity contribution in [3.05, 3.63) is 59.0 Å². The van der Waals surface area contributed by atoms with Gasteiger partial charge >= 0.3 is 0 Å². The van der Waals surface area contributed by atoms with Crippen LogP contribution in [0.5, 0.6) is 0 Å². The van der Waals surface area contributed by atoms with Crippen molar-refractivity contribution in [2.75, 3.05) is 11.9 Å². The zero-order valence-electron chi connectivity index (χ0n) is 15.0. The van der Waals surface area contributed by atoms with Crippen molar-refractivity contribution in [3.8, 4) is 0 Å². The molecule has 3 rings (SSSR count). The van der Waals surface area contributed by atoms with Crippen molar-refractivity contribution in [3.63, 3.8) is 0 Å². The van der Waals surface area contributed by atoms with E-state index in [0.717, 1.165) is 22.4 Å². The third kappa shape index (κ3) is 3.88. The molecule has 0 aliphatic rings. The van der Waals surface area contributed by atoms with E-state index in [1.807, 2.05) is 39.0 Å². The lowest BCUT2D eigenvalue weighted by atomic mass is 10.1. The predicted molar refractivity (Wildman–Crippen MR) is 99.2 cm³/mol. The van der Waals surface area contributed by atoms with E-state index in [0.29, 0.717) is 11.2 Å². The van der Waals surface area contributed by atoms with Crippen LogP contribution in [0, 0.1) is 20.8 Å². The molecule has 0 saturated heterocycles. The van der Waals surface area contributed by atoms with E-state index in [1.54, 1.807) is 16.9 Å². The van der Waals surface area contributed by atoms with Crippen LogP contribution < -0.4 is 10.6 Å². The molecule has 0 spiro atoms. The largest absolute Gasteiger partial charge is 0.351 e. The first-order valence-electron chi connectivity index (χ1n) is 8.39. The number of carbonyl (C=O) groups is 2. The molecule has 0 radical (unpaired) electrons. The van der Waals surface area contributed by atoms with Crippen molar-refractivity contribution >= 4 is 23.1 Å². The Morgan fingerprint density at radius 3 is 2.73 bits per heavy atom. The molecule has 2 aromatic heterocycles. The Labute approximate surface area is 151 Å². The van der Waals surface area contributed by atoms with Gasteiger partial charge in [-0.1, -0.05) is 12.1 Å². The van der Waals surface area contributed by atoms with Gasteiger partial charge in [0.2, 0.25) is 5.91 Å². The number of nitrogens with zero attached hydrogens (tertiary/aromatic N) is 3. The van der Waals surface area contributed by atoms with Crippen molar-refractivity contribution < 1.29 is 9.59 Å². The van der Waals surface area contributed by atoms with E-state index in [-0.39, 0.29) is 24.8 Å². The highest BCUT2D eigenvalue weighted by atomic mass is 16.2. The van der Waals surface area contributed by atoms with E-state index in [4.69, 9.17) is 0 Å². The summed E-state index contributed by atoms with van der Waals surface area (Å²) in [6, 6.07) is 5.89. The number of benzene rings is 1. The summed E-state index contributed by atoms with van der Waals surface area (Å²) >= 11 is 0. The molecule has 134 valence electrons. The summed E-state index contributed by atoms with van der Waals surface area (Å²) in [7, 11) is 0. The average molecular weight is 351 g/mol. The standard InChI is InChI=1S/C19H21N5O2/c1-12-4-5-14(3)16(8-12)23-17(25)6-7-20-19(26)15-10-22-24-11-13(2)9-21-18(15)24/h4-5,8-11H,6-7H2,1-3H3,(H,20,26)(H,23,25). The van der Waals surface area contributed by atoms with Crippen LogP contribution in [-0.4, -0.2) is 33.0 Å². The Kier molecular flexibility index (Phi) is 4.97. The molecule has 2 amide bonds. The Balaban J connectivity index is 1.56. The lowest BCUT2D eigenvalue weighted by Crippen LogP contribution is -2.27. The van der Waals surface area contributed by atoms with Crippen LogP contribution in [0.4, 0.5) is 5.69 Å². The molecule has 1 aromatic carbocycles. The summed E-state index contributed by atoms with van der Waals surface area (Å²) in [5, 5.41) is 9.75. The normalized spacial score (nSPS) is 10.7. The number of nitrogens with one attached hydrogen (secondary N) is 2. The number of aromatic nitrogens is 3. The number of carbonyl (C=O) groups excluding carboxylic acids is 2. The maximum absolute atomic E-state index is 12.3. The van der Waals surface area contributed by atoms with E-state index >= 15 is 0 Å². The Bertz CT molecular complexity index is 977. The maximum Gasteiger partial charge on any atom is 0.256 e. The van der Waals surface area contributed by atoms with E-state index < -0.39 is 0 Å². The minimum atomic E-state index is -0.295. The van der Waals surface area contributed by atoms with Crippen molar-refractivity contribution in [2.24, 2.45) is 0 Å². The summed E-state index contributed by atoms with van der Waals surface area (Å²) < 4.78 is 1.57. The summed E-state index contributed by atoms with van der Waals surface area (Å²) in [5.41, 5.74) is 4.71. The molecule has 0 bridgehead atoms. The maximum atomic E-state index is 12.3. The number of rotatable bonds is 5. The van der Waals surface area contributed by atoms with Gasteiger partial charge in [-0.2, -0.15) is 5.10 Å². The van der Waals surface area contributed by atoms with E-state index in [2.05, 4.69) is 20.7 Å². The molecule has 2 heterocycles. The molecule has 3 aromatic rings. The van der Waals surface area contributed by atoms with Gasteiger partial charge in [-0.3, -0.25) is 9.59 Å². The second kappa shape index (κ2) is 7.35. The summed E-state index contributed by atoms with van der Waals surface area (Å²) in [6.45, 7) is 6.05. The number of hydrogen-bond acceptors (Lipinski definition) is 4. The highest BCUT2D eigenvalue weighted by molar-refractivity contribution is 6.00. The summed E-state index contributed by atoms with van der Waals surface area (Å²) in [6.07, 6.45) is 5.15. The number of amides is 2. The average Bonchev–Trinajstić information content (AvgIpc) is 3.01. The van der Waals surface area contributed by atoms with Gasteiger partial charge in [-0.05, 0) is 43.5 Å². The summed E-state index contributed by atoms with van der Waals surface area (Å²) in [4.78, 5) is 28.6. The second-order valence-electron chi connectivity index (χ2n) is 6.33. The fourth-order valence-electron chi connectivity index (χ4n) is 2.60. The van der Waals surface area contributed by atoms with Crippen LogP contribution in [0.25, 0.3) is 5.65 Å². The van der Waals surface area contributed by atoms with E-state index in [1.165, 1.54) is 6.20 Å². The van der Waals surface area contributed by atoms with Gasteiger partial charge in [-0.15, -0.1) is 0 Å². The molecule has 0 aliphatic carbocycles. The van der Waals surface area contributed by atoms with Crippen molar-refractivity contribution in [1.82, 2.24) is 19.9 Å². The molecule has 0 unspecified atom stereocenters. The quantitative estimate of drug-likeness (QED) is 0.739. The topological polar surface area (TPSA) is 88.4 Å². The molecular weight excluding hydrogens is 330 g/mol. The molecule has 26 heavy (non-hydrogen) atoms. The van der Waals surface area contributed by atoms with Gasteiger partial charge in [0.1, 0.15) is 5.56 Å². The Morgan fingerprint density at radius 2 is 1.92 bits per heavy atom. The number of anilines is 1. The van der Waals surface area contributed by atoms with Crippen LogP contribution in [0.2, 0.25) is 0 Å². The highest BCUT2D eigenvalue weighted by Gasteiger charge is 2.14. The van der Waals surface area contributed by atoms with Crippen molar-refractivity contribution in [1.29, 1.82) is 0 Å². The smallest absolute Gasteiger partial charge is 0.256 e. The zero-order valence-corrected chi connectivity index (χ0v) is 15.0. The number of aryl methyl sites for hydroxylation is 3. The molecule has 0 fully saturated rings. The molecule has 7 heteroatoms. The van der Waals surface area contributed by atoms with E-state index in [9.17, 15) is 9.59 Å². The zero-order chi connectivity index (χ0) is 18.7. The molecular formula is C19H21N5O2. The summed E-state index contributed by atoms with van der Waals surface area (Å²) in [5.74, 6) is -0.441. The third-order valence-electron chi connectivity index (χ3n) is 4.03. The molecule has 0 aliphatic heterocycles. The molecule has 0 atom stereocenters. The highest BCUT2D eigenvalue weighted by Crippen LogP contribution is 2.16. The number of hydrogen-bond donors (Lipinski definition) is 2. The van der Waals surface area contributed by atoms with Gasteiger partial charge in [-0.25, -0.2) is 9.50 Å². The van der Waals surface area contributed by atoms with Crippen LogP contribution in [-0.2, 0) is 4.79 Å². The lowest BCUT2D eigenvalue weighted by Gasteiger charge is -2.09. The van der Waals surface area contributed by atoms with Crippen LogP contribution in [0.15, 0.2) is 36.8 Å². The first-order chi connectivity index (χ1) is 12.4. The molecule has 2 N–H and O–H groups in total. The van der Waals surface area contributed by atoms with Gasteiger partial charge in [0.05, 0.1) is 6.20 Å². The van der Waals surface area contributed by atoms with Crippen molar-refractivity contribution in [2.45, 2.75) is 27.2 Å². The fourth-order valence-corrected chi connectivity index (χ4v) is 2.60. The van der Waals surface area contributed by atoms with Crippen LogP contribution >= 0.6 is 0 Å². The third-order valence-corrected chi connectivity index (χ3v) is 4.03. The Morgan fingerprint density at radius 1 is 1.12 bits per heavy atom. The van der Waals surface area contributed by atoms with Gasteiger partial charge < -0.3 is 10.6 Å². The minimum absolute atomic E-state index is 0.146. The van der Waals surface area contributed by atoms with Crippen LogP contribution in [0.3, 0.4) is 0 Å². The van der Waals surface area contributed by atoms with Crippen LogP contribution in [0.1, 0.15) is 33.5 Å².